The maximum atomic E-state index is 11.9. The first-order valence-electron chi connectivity index (χ1n) is 5.18. The van der Waals surface area contributed by atoms with Gasteiger partial charge in [-0.3, -0.25) is 4.79 Å². The number of nitrogens with two attached hydrogens (primary N) is 1. The molecule has 2 aromatic rings. The quantitative estimate of drug-likeness (QED) is 0.873. The summed E-state index contributed by atoms with van der Waals surface area (Å²) in [5.74, 6) is -0.326. The second-order valence-corrected chi connectivity index (χ2v) is 4.50. The highest BCUT2D eigenvalue weighted by Gasteiger charge is 2.13. The molecule has 94 valence electrons. The minimum absolute atomic E-state index is 0.236. The maximum Gasteiger partial charge on any atom is 0.286 e. The third kappa shape index (κ3) is 2.82. The van der Waals surface area contributed by atoms with Crippen molar-refractivity contribution < 1.29 is 9.53 Å². The summed E-state index contributed by atoms with van der Waals surface area (Å²) >= 11 is 1.05. The van der Waals surface area contributed by atoms with Crippen LogP contribution in [0.5, 0.6) is 0 Å². The fourth-order valence-corrected chi connectivity index (χ4v) is 1.93. The first-order chi connectivity index (χ1) is 8.70. The van der Waals surface area contributed by atoms with Crippen molar-refractivity contribution in [2.45, 2.75) is 6.61 Å². The Balaban J connectivity index is 2.16. The molecule has 1 amide bonds. The van der Waals surface area contributed by atoms with Crippen molar-refractivity contribution in [2.24, 2.45) is 0 Å². The molecule has 0 aliphatic rings. The summed E-state index contributed by atoms with van der Waals surface area (Å²) < 4.78 is 5.06. The van der Waals surface area contributed by atoms with Crippen molar-refractivity contribution in [3.05, 3.63) is 34.8 Å². The molecule has 18 heavy (non-hydrogen) atoms. The molecule has 0 aliphatic carbocycles. The zero-order valence-electron chi connectivity index (χ0n) is 9.71. The average molecular weight is 264 g/mol. The summed E-state index contributed by atoms with van der Waals surface area (Å²) in [5, 5.41) is 10.5. The van der Waals surface area contributed by atoms with E-state index in [0.717, 1.165) is 16.9 Å². The molecule has 0 saturated carbocycles. The summed E-state index contributed by atoms with van der Waals surface area (Å²) in [6, 6.07) is 7.40. The van der Waals surface area contributed by atoms with Crippen LogP contribution in [0.3, 0.4) is 0 Å². The Kier molecular flexibility index (Phi) is 3.85. The third-order valence-electron chi connectivity index (χ3n) is 2.20. The van der Waals surface area contributed by atoms with Gasteiger partial charge in [-0.15, -0.1) is 10.2 Å². The van der Waals surface area contributed by atoms with Crippen LogP contribution in [-0.2, 0) is 11.3 Å². The molecular formula is C11H12N4O2S. The van der Waals surface area contributed by atoms with Crippen LogP contribution < -0.4 is 11.1 Å². The van der Waals surface area contributed by atoms with E-state index in [1.54, 1.807) is 13.2 Å². The van der Waals surface area contributed by atoms with Crippen LogP contribution in [0.1, 0.15) is 15.4 Å². The van der Waals surface area contributed by atoms with Gasteiger partial charge in [-0.1, -0.05) is 29.5 Å². The van der Waals surface area contributed by atoms with Crippen molar-refractivity contribution in [2.75, 3.05) is 18.2 Å². The van der Waals surface area contributed by atoms with E-state index in [1.165, 1.54) is 0 Å². The molecule has 1 aromatic carbocycles. The van der Waals surface area contributed by atoms with Gasteiger partial charge in [0.15, 0.2) is 0 Å². The topological polar surface area (TPSA) is 90.1 Å². The minimum Gasteiger partial charge on any atom is -0.380 e. The fourth-order valence-electron chi connectivity index (χ4n) is 1.43. The number of anilines is 2. The molecule has 0 fully saturated rings. The molecule has 0 atom stereocenters. The number of nitrogens with zero attached hydrogens (tertiary/aromatic N) is 2. The van der Waals surface area contributed by atoms with E-state index in [2.05, 4.69) is 15.5 Å². The van der Waals surface area contributed by atoms with Gasteiger partial charge in [0.2, 0.25) is 10.1 Å². The minimum atomic E-state index is -0.326. The van der Waals surface area contributed by atoms with Crippen molar-refractivity contribution in [1.82, 2.24) is 10.2 Å². The van der Waals surface area contributed by atoms with Gasteiger partial charge in [0.25, 0.3) is 5.91 Å². The summed E-state index contributed by atoms with van der Waals surface area (Å²) in [5.41, 5.74) is 7.02. The summed E-state index contributed by atoms with van der Waals surface area (Å²) in [7, 11) is 1.60. The van der Waals surface area contributed by atoms with Gasteiger partial charge in [-0.2, -0.15) is 0 Å². The number of methoxy groups -OCH3 is 1. The lowest BCUT2D eigenvalue weighted by Gasteiger charge is -2.08. The predicted molar refractivity (Wildman–Crippen MR) is 69.4 cm³/mol. The lowest BCUT2D eigenvalue weighted by atomic mass is 10.2. The monoisotopic (exact) mass is 264 g/mol. The fraction of sp³-hybridized carbons (Fsp3) is 0.182. The molecule has 1 heterocycles. The molecule has 0 radical (unpaired) electrons. The number of aromatic nitrogens is 2. The van der Waals surface area contributed by atoms with E-state index < -0.39 is 0 Å². The molecule has 0 saturated heterocycles. The van der Waals surface area contributed by atoms with Crippen molar-refractivity contribution in [3.63, 3.8) is 0 Å². The SMILES string of the molecule is COCc1ccccc1NC(=O)c1nnc(N)s1. The molecule has 0 aliphatic heterocycles. The Hall–Kier alpha value is -1.99. The highest BCUT2D eigenvalue weighted by atomic mass is 32.1. The van der Waals surface area contributed by atoms with Gasteiger partial charge in [0.1, 0.15) is 0 Å². The normalized spacial score (nSPS) is 10.3. The van der Waals surface area contributed by atoms with Crippen LogP contribution in [0.15, 0.2) is 24.3 Å². The van der Waals surface area contributed by atoms with Crippen LogP contribution in [0.4, 0.5) is 10.8 Å². The van der Waals surface area contributed by atoms with Crippen LogP contribution in [0, 0.1) is 0 Å². The molecule has 0 bridgehead atoms. The molecule has 2 rings (SSSR count). The summed E-state index contributed by atoms with van der Waals surface area (Å²) in [6.45, 7) is 0.425. The number of nitrogen functional groups attached to an aromatic ring is 1. The summed E-state index contributed by atoms with van der Waals surface area (Å²) in [4.78, 5) is 11.9. The number of rotatable bonds is 4. The van der Waals surface area contributed by atoms with Gasteiger partial charge in [-0.25, -0.2) is 0 Å². The number of carbonyl (C=O) groups excluding carboxylic acids is 1. The molecule has 7 heteroatoms. The Morgan fingerprint density at radius 3 is 2.89 bits per heavy atom. The maximum absolute atomic E-state index is 11.9. The second kappa shape index (κ2) is 5.56. The number of hydrogen-bond donors (Lipinski definition) is 2. The second-order valence-electron chi connectivity index (χ2n) is 3.49. The van der Waals surface area contributed by atoms with E-state index in [-0.39, 0.29) is 16.0 Å². The number of para-hydroxylation sites is 1. The standard InChI is InChI=1S/C11H12N4O2S/c1-17-6-7-4-2-3-5-8(7)13-9(16)10-14-15-11(12)18-10/h2-5H,6H2,1H3,(H2,12,15)(H,13,16). The highest BCUT2D eigenvalue weighted by molar-refractivity contribution is 7.16. The average Bonchev–Trinajstić information content (AvgIpc) is 2.79. The van der Waals surface area contributed by atoms with Gasteiger partial charge >= 0.3 is 0 Å². The molecule has 0 spiro atoms. The Morgan fingerprint density at radius 2 is 2.22 bits per heavy atom. The van der Waals surface area contributed by atoms with Crippen molar-refractivity contribution in [3.8, 4) is 0 Å². The Labute approximate surface area is 108 Å². The van der Waals surface area contributed by atoms with E-state index >= 15 is 0 Å². The lowest BCUT2D eigenvalue weighted by molar-refractivity contribution is 0.102. The van der Waals surface area contributed by atoms with Crippen molar-refractivity contribution in [1.29, 1.82) is 0 Å². The lowest BCUT2D eigenvalue weighted by Crippen LogP contribution is -2.13. The van der Waals surface area contributed by atoms with Gasteiger partial charge < -0.3 is 15.8 Å². The zero-order chi connectivity index (χ0) is 13.0. The van der Waals surface area contributed by atoms with E-state index in [4.69, 9.17) is 10.5 Å². The van der Waals surface area contributed by atoms with Crippen LogP contribution in [0.25, 0.3) is 0 Å². The van der Waals surface area contributed by atoms with E-state index in [0.29, 0.717) is 12.3 Å². The predicted octanol–water partition coefficient (Wildman–Crippen LogP) is 1.52. The third-order valence-corrected chi connectivity index (χ3v) is 2.95. The van der Waals surface area contributed by atoms with Crippen LogP contribution in [0.2, 0.25) is 0 Å². The van der Waals surface area contributed by atoms with E-state index in [9.17, 15) is 4.79 Å². The Bertz CT molecular complexity index is 555. The zero-order valence-corrected chi connectivity index (χ0v) is 10.5. The number of nitrogens with one attached hydrogen (secondary N) is 1. The van der Waals surface area contributed by atoms with Gasteiger partial charge in [0, 0.05) is 18.4 Å². The number of amides is 1. The Morgan fingerprint density at radius 1 is 1.44 bits per heavy atom. The van der Waals surface area contributed by atoms with Gasteiger partial charge in [0.05, 0.1) is 6.61 Å². The number of benzene rings is 1. The summed E-state index contributed by atoms with van der Waals surface area (Å²) in [6.07, 6.45) is 0. The number of carbonyl (C=O) groups is 1. The molecule has 6 nitrogen and oxygen atoms in total. The van der Waals surface area contributed by atoms with Gasteiger partial charge in [-0.05, 0) is 6.07 Å². The number of hydrogen-bond acceptors (Lipinski definition) is 6. The molecule has 1 aromatic heterocycles. The molecule has 3 N–H and O–H groups in total. The van der Waals surface area contributed by atoms with E-state index in [1.807, 2.05) is 18.2 Å². The first-order valence-corrected chi connectivity index (χ1v) is 5.99. The smallest absolute Gasteiger partial charge is 0.286 e. The molecular weight excluding hydrogens is 252 g/mol. The van der Waals surface area contributed by atoms with Crippen LogP contribution >= 0.6 is 11.3 Å². The molecule has 0 unspecified atom stereocenters. The van der Waals surface area contributed by atoms with Crippen molar-refractivity contribution >= 4 is 28.1 Å². The number of ether oxygens (including phenoxy) is 1. The largest absolute Gasteiger partial charge is 0.380 e. The first kappa shape index (κ1) is 12.5. The highest BCUT2D eigenvalue weighted by Crippen LogP contribution is 2.18. The van der Waals surface area contributed by atoms with Crippen LogP contribution in [-0.4, -0.2) is 23.2 Å².